The van der Waals surface area contributed by atoms with E-state index in [2.05, 4.69) is 0 Å². The molecule has 0 aliphatic carbocycles. The number of nitrogens with two attached hydrogens (primary N) is 1. The highest BCUT2D eigenvalue weighted by molar-refractivity contribution is 5.95. The number of nitrogens with zero attached hydrogens (tertiary/aromatic N) is 1. The Labute approximate surface area is 106 Å². The first-order chi connectivity index (χ1) is 8.58. The number of carbonyl (C=O) groups is 1. The van der Waals surface area contributed by atoms with Crippen molar-refractivity contribution >= 4 is 16.9 Å². The lowest BCUT2D eigenvalue weighted by Gasteiger charge is -2.16. The van der Waals surface area contributed by atoms with E-state index in [1.165, 1.54) is 0 Å². The van der Waals surface area contributed by atoms with Gasteiger partial charge in [0.15, 0.2) is 5.76 Å². The molecule has 18 heavy (non-hydrogen) atoms. The van der Waals surface area contributed by atoms with Gasteiger partial charge in [-0.25, -0.2) is 0 Å². The van der Waals surface area contributed by atoms with Crippen molar-refractivity contribution in [2.75, 3.05) is 13.6 Å². The van der Waals surface area contributed by atoms with E-state index in [0.29, 0.717) is 12.3 Å². The molecule has 0 spiro atoms. The smallest absolute Gasteiger partial charge is 0.289 e. The van der Waals surface area contributed by atoms with Crippen LogP contribution < -0.4 is 5.73 Å². The SMILES string of the molecule is CC(N)CCN(C)C(=O)c1cc2ccccc2o1. The molecule has 1 aromatic carbocycles. The summed E-state index contributed by atoms with van der Waals surface area (Å²) >= 11 is 0. The molecule has 0 saturated heterocycles. The summed E-state index contributed by atoms with van der Waals surface area (Å²) in [6.45, 7) is 2.56. The van der Waals surface area contributed by atoms with Crippen LogP contribution in [0.5, 0.6) is 0 Å². The number of fused-ring (bicyclic) bond motifs is 1. The summed E-state index contributed by atoms with van der Waals surface area (Å²) in [6.07, 6.45) is 0.780. The first-order valence-electron chi connectivity index (χ1n) is 6.07. The number of hydrogen-bond donors (Lipinski definition) is 1. The van der Waals surface area contributed by atoms with Crippen LogP contribution in [0.3, 0.4) is 0 Å². The van der Waals surface area contributed by atoms with Gasteiger partial charge in [0.2, 0.25) is 0 Å². The molecule has 1 amide bonds. The number of para-hydroxylation sites is 1. The molecule has 96 valence electrons. The van der Waals surface area contributed by atoms with Gasteiger partial charge in [-0.05, 0) is 25.5 Å². The Kier molecular flexibility index (Phi) is 3.67. The van der Waals surface area contributed by atoms with Crippen molar-refractivity contribution in [2.24, 2.45) is 5.73 Å². The van der Waals surface area contributed by atoms with Gasteiger partial charge >= 0.3 is 0 Å². The van der Waals surface area contributed by atoms with Crippen LogP contribution in [-0.2, 0) is 0 Å². The number of amides is 1. The van der Waals surface area contributed by atoms with E-state index < -0.39 is 0 Å². The molecule has 4 heteroatoms. The zero-order chi connectivity index (χ0) is 13.1. The normalized spacial score (nSPS) is 12.6. The van der Waals surface area contributed by atoms with Crippen molar-refractivity contribution in [1.82, 2.24) is 4.90 Å². The molecular formula is C14H18N2O2. The Hall–Kier alpha value is -1.81. The molecule has 0 saturated carbocycles. The summed E-state index contributed by atoms with van der Waals surface area (Å²) in [5.74, 6) is 0.273. The third kappa shape index (κ3) is 2.71. The number of furan rings is 1. The standard InChI is InChI=1S/C14H18N2O2/c1-10(15)7-8-16(2)14(17)13-9-11-5-3-4-6-12(11)18-13/h3-6,9-10H,7-8,15H2,1-2H3. The molecule has 1 unspecified atom stereocenters. The van der Waals surface area contributed by atoms with Gasteiger partial charge in [0.1, 0.15) is 5.58 Å². The zero-order valence-electron chi connectivity index (χ0n) is 10.7. The van der Waals surface area contributed by atoms with E-state index in [1.54, 1.807) is 18.0 Å². The van der Waals surface area contributed by atoms with Gasteiger partial charge in [-0.15, -0.1) is 0 Å². The van der Waals surface area contributed by atoms with Gasteiger partial charge in [-0.3, -0.25) is 4.79 Å². The van der Waals surface area contributed by atoms with Crippen LogP contribution in [0.25, 0.3) is 11.0 Å². The molecule has 0 fully saturated rings. The Morgan fingerprint density at radius 1 is 1.44 bits per heavy atom. The maximum absolute atomic E-state index is 12.1. The molecule has 0 bridgehead atoms. The summed E-state index contributed by atoms with van der Waals surface area (Å²) in [6, 6.07) is 9.47. The fraction of sp³-hybridized carbons (Fsp3) is 0.357. The lowest BCUT2D eigenvalue weighted by molar-refractivity contribution is 0.0763. The molecule has 2 N–H and O–H groups in total. The number of carbonyl (C=O) groups excluding carboxylic acids is 1. The van der Waals surface area contributed by atoms with Crippen LogP contribution in [0.1, 0.15) is 23.9 Å². The molecule has 0 radical (unpaired) electrons. The highest BCUT2D eigenvalue weighted by Crippen LogP contribution is 2.19. The van der Waals surface area contributed by atoms with E-state index >= 15 is 0 Å². The van der Waals surface area contributed by atoms with E-state index in [0.717, 1.165) is 17.4 Å². The summed E-state index contributed by atoms with van der Waals surface area (Å²) < 4.78 is 5.54. The summed E-state index contributed by atoms with van der Waals surface area (Å²) in [5.41, 5.74) is 6.42. The predicted molar refractivity (Wildman–Crippen MR) is 71.4 cm³/mol. The molecule has 2 aromatic rings. The van der Waals surface area contributed by atoms with E-state index in [-0.39, 0.29) is 11.9 Å². The van der Waals surface area contributed by atoms with Gasteiger partial charge < -0.3 is 15.1 Å². The van der Waals surface area contributed by atoms with Crippen LogP contribution in [0.15, 0.2) is 34.7 Å². The summed E-state index contributed by atoms with van der Waals surface area (Å²) in [4.78, 5) is 13.8. The predicted octanol–water partition coefficient (Wildman–Crippen LogP) is 2.24. The minimum Gasteiger partial charge on any atom is -0.451 e. The van der Waals surface area contributed by atoms with Crippen molar-refractivity contribution in [3.05, 3.63) is 36.1 Å². The average Bonchev–Trinajstić information content (AvgIpc) is 2.78. The molecule has 0 aliphatic rings. The maximum atomic E-state index is 12.1. The van der Waals surface area contributed by atoms with Gasteiger partial charge in [0.05, 0.1) is 0 Å². The van der Waals surface area contributed by atoms with Crippen LogP contribution in [-0.4, -0.2) is 30.4 Å². The molecule has 1 aromatic heterocycles. The van der Waals surface area contributed by atoms with Crippen LogP contribution >= 0.6 is 0 Å². The fourth-order valence-electron chi connectivity index (χ4n) is 1.77. The maximum Gasteiger partial charge on any atom is 0.289 e. The Balaban J connectivity index is 2.12. The van der Waals surface area contributed by atoms with E-state index in [1.807, 2.05) is 31.2 Å². The zero-order valence-corrected chi connectivity index (χ0v) is 10.7. The second-order valence-corrected chi connectivity index (χ2v) is 4.64. The van der Waals surface area contributed by atoms with Crippen LogP contribution in [0.4, 0.5) is 0 Å². The van der Waals surface area contributed by atoms with Crippen molar-refractivity contribution in [2.45, 2.75) is 19.4 Å². The van der Waals surface area contributed by atoms with E-state index in [4.69, 9.17) is 10.2 Å². The highest BCUT2D eigenvalue weighted by atomic mass is 16.3. The highest BCUT2D eigenvalue weighted by Gasteiger charge is 2.16. The van der Waals surface area contributed by atoms with Crippen molar-refractivity contribution in [3.63, 3.8) is 0 Å². The van der Waals surface area contributed by atoms with Gasteiger partial charge in [-0.2, -0.15) is 0 Å². The number of hydrogen-bond acceptors (Lipinski definition) is 3. The minimum absolute atomic E-state index is 0.0934. The topological polar surface area (TPSA) is 59.5 Å². The fourth-order valence-corrected chi connectivity index (χ4v) is 1.77. The summed E-state index contributed by atoms with van der Waals surface area (Å²) in [7, 11) is 1.76. The van der Waals surface area contributed by atoms with Crippen LogP contribution in [0.2, 0.25) is 0 Å². The quantitative estimate of drug-likeness (QED) is 0.900. The third-order valence-electron chi connectivity index (χ3n) is 2.90. The molecule has 0 aliphatic heterocycles. The Morgan fingerprint density at radius 2 is 2.17 bits per heavy atom. The Bertz CT molecular complexity index is 512. The van der Waals surface area contributed by atoms with Crippen LogP contribution in [0, 0.1) is 0 Å². The molecule has 1 heterocycles. The molecule has 4 nitrogen and oxygen atoms in total. The number of rotatable bonds is 4. The molecule has 1 atom stereocenters. The first kappa shape index (κ1) is 12.6. The molecular weight excluding hydrogens is 228 g/mol. The van der Waals surface area contributed by atoms with Crippen molar-refractivity contribution in [1.29, 1.82) is 0 Å². The van der Waals surface area contributed by atoms with Gasteiger partial charge in [0, 0.05) is 25.0 Å². The average molecular weight is 246 g/mol. The molecule has 2 rings (SSSR count). The monoisotopic (exact) mass is 246 g/mol. The van der Waals surface area contributed by atoms with E-state index in [9.17, 15) is 4.79 Å². The lowest BCUT2D eigenvalue weighted by Crippen LogP contribution is -2.31. The second-order valence-electron chi connectivity index (χ2n) is 4.64. The van der Waals surface area contributed by atoms with Crippen molar-refractivity contribution < 1.29 is 9.21 Å². The van der Waals surface area contributed by atoms with Gasteiger partial charge in [-0.1, -0.05) is 18.2 Å². The largest absolute Gasteiger partial charge is 0.451 e. The van der Waals surface area contributed by atoms with Crippen molar-refractivity contribution in [3.8, 4) is 0 Å². The Morgan fingerprint density at radius 3 is 2.83 bits per heavy atom. The minimum atomic E-state index is -0.105. The lowest BCUT2D eigenvalue weighted by atomic mass is 10.2. The van der Waals surface area contributed by atoms with Gasteiger partial charge in [0.25, 0.3) is 5.91 Å². The first-order valence-corrected chi connectivity index (χ1v) is 6.07. The third-order valence-corrected chi connectivity index (χ3v) is 2.90. The number of benzene rings is 1. The second kappa shape index (κ2) is 5.23. The summed E-state index contributed by atoms with van der Waals surface area (Å²) in [5, 5.41) is 0.946.